The maximum Gasteiger partial charge on any atom is 0.341 e. The van der Waals surface area contributed by atoms with Gasteiger partial charge in [0.05, 0.1) is 25.0 Å². The van der Waals surface area contributed by atoms with E-state index in [0.717, 1.165) is 41.0 Å². The minimum atomic E-state index is -0.402. The van der Waals surface area contributed by atoms with Gasteiger partial charge in [0.25, 0.3) is 0 Å². The number of rotatable bonds is 9. The number of aryl methyl sites for hydroxylation is 1. The van der Waals surface area contributed by atoms with Crippen molar-refractivity contribution >= 4 is 40.0 Å². The van der Waals surface area contributed by atoms with Gasteiger partial charge in [-0.05, 0) is 55.0 Å². The van der Waals surface area contributed by atoms with E-state index in [1.807, 2.05) is 35.9 Å². The van der Waals surface area contributed by atoms with Crippen LogP contribution < -0.4 is 10.1 Å². The Labute approximate surface area is 207 Å². The molecule has 0 bridgehead atoms. The first-order valence-electron chi connectivity index (χ1n) is 11.2. The fourth-order valence-electron chi connectivity index (χ4n) is 3.76. The lowest BCUT2D eigenvalue weighted by Crippen LogP contribution is -2.16. The van der Waals surface area contributed by atoms with Crippen molar-refractivity contribution in [2.75, 3.05) is 24.8 Å². The van der Waals surface area contributed by atoms with E-state index in [9.17, 15) is 9.59 Å². The standard InChI is InChI=1S/C24H28N4O4S2/c1-14(2)12-32-16-10-8-15(9-11-16)21-26-27-24(28(21)3)33-13-19(29)25-22-20(23(30)31-4)17-6-5-7-18(17)34-22/h8-11,14H,5-7,12-13H2,1-4H3,(H,25,29). The summed E-state index contributed by atoms with van der Waals surface area (Å²) in [6.45, 7) is 4.89. The average molecular weight is 501 g/mol. The largest absolute Gasteiger partial charge is 0.493 e. The van der Waals surface area contributed by atoms with Crippen LogP contribution in [0.15, 0.2) is 29.4 Å². The van der Waals surface area contributed by atoms with E-state index in [4.69, 9.17) is 9.47 Å². The second kappa shape index (κ2) is 10.6. The second-order valence-electron chi connectivity index (χ2n) is 8.48. The number of esters is 1. The number of methoxy groups -OCH3 is 1. The third-order valence-electron chi connectivity index (χ3n) is 5.43. The molecule has 34 heavy (non-hydrogen) atoms. The zero-order valence-corrected chi connectivity index (χ0v) is 21.3. The first-order chi connectivity index (χ1) is 16.4. The molecule has 0 saturated heterocycles. The van der Waals surface area contributed by atoms with Gasteiger partial charge in [-0.3, -0.25) is 4.79 Å². The molecule has 1 aromatic carbocycles. The molecule has 0 spiro atoms. The Morgan fingerprint density at radius 1 is 1.21 bits per heavy atom. The molecular formula is C24H28N4O4S2. The van der Waals surface area contributed by atoms with E-state index in [1.165, 1.54) is 30.2 Å². The lowest BCUT2D eigenvalue weighted by atomic mass is 10.1. The van der Waals surface area contributed by atoms with Crippen LogP contribution in [0.3, 0.4) is 0 Å². The summed E-state index contributed by atoms with van der Waals surface area (Å²) in [6.07, 6.45) is 2.80. The van der Waals surface area contributed by atoms with Crippen molar-refractivity contribution in [2.24, 2.45) is 13.0 Å². The normalized spacial score (nSPS) is 12.6. The summed E-state index contributed by atoms with van der Waals surface area (Å²) in [7, 11) is 3.23. The Hall–Kier alpha value is -2.85. The monoisotopic (exact) mass is 500 g/mol. The summed E-state index contributed by atoms with van der Waals surface area (Å²) >= 11 is 2.76. The lowest BCUT2D eigenvalue weighted by molar-refractivity contribution is -0.113. The molecule has 0 fully saturated rings. The molecule has 8 nitrogen and oxygen atoms in total. The molecule has 0 unspecified atom stereocenters. The number of aromatic nitrogens is 3. The van der Waals surface area contributed by atoms with Gasteiger partial charge in [0, 0.05) is 17.5 Å². The molecule has 0 aliphatic heterocycles. The van der Waals surface area contributed by atoms with Crippen molar-refractivity contribution in [3.05, 3.63) is 40.3 Å². The number of thioether (sulfide) groups is 1. The lowest BCUT2D eigenvalue weighted by Gasteiger charge is -2.09. The van der Waals surface area contributed by atoms with Gasteiger partial charge in [-0.15, -0.1) is 21.5 Å². The Morgan fingerprint density at radius 3 is 2.68 bits per heavy atom. The van der Waals surface area contributed by atoms with Gasteiger partial charge in [-0.2, -0.15) is 0 Å². The van der Waals surface area contributed by atoms with Crippen molar-refractivity contribution in [2.45, 2.75) is 38.3 Å². The Balaban J connectivity index is 1.39. The van der Waals surface area contributed by atoms with Crippen molar-refractivity contribution < 1.29 is 19.1 Å². The zero-order chi connectivity index (χ0) is 24.2. The van der Waals surface area contributed by atoms with E-state index < -0.39 is 5.97 Å². The number of benzene rings is 1. The Kier molecular flexibility index (Phi) is 7.57. The highest BCUT2D eigenvalue weighted by Gasteiger charge is 2.28. The maximum absolute atomic E-state index is 12.7. The van der Waals surface area contributed by atoms with Crippen LogP contribution >= 0.6 is 23.1 Å². The van der Waals surface area contributed by atoms with Gasteiger partial charge in [0.1, 0.15) is 10.8 Å². The molecule has 0 saturated carbocycles. The van der Waals surface area contributed by atoms with Crippen LogP contribution in [0, 0.1) is 5.92 Å². The number of carbonyl (C=O) groups excluding carboxylic acids is 2. The van der Waals surface area contributed by atoms with E-state index in [1.54, 1.807) is 0 Å². The molecule has 1 aliphatic carbocycles. The highest BCUT2D eigenvalue weighted by atomic mass is 32.2. The molecule has 1 N–H and O–H groups in total. The van der Waals surface area contributed by atoms with Crippen LogP contribution in [-0.2, 0) is 29.4 Å². The van der Waals surface area contributed by atoms with Crippen molar-refractivity contribution in [1.29, 1.82) is 0 Å². The molecule has 4 rings (SSSR count). The number of fused-ring (bicyclic) bond motifs is 1. The minimum Gasteiger partial charge on any atom is -0.493 e. The minimum absolute atomic E-state index is 0.150. The van der Waals surface area contributed by atoms with E-state index in [2.05, 4.69) is 29.4 Å². The summed E-state index contributed by atoms with van der Waals surface area (Å²) in [4.78, 5) is 26.1. The van der Waals surface area contributed by atoms with Gasteiger partial charge in [-0.1, -0.05) is 25.6 Å². The fourth-order valence-corrected chi connectivity index (χ4v) is 5.76. The summed E-state index contributed by atoms with van der Waals surface area (Å²) < 4.78 is 12.5. The quantitative estimate of drug-likeness (QED) is 0.339. The summed E-state index contributed by atoms with van der Waals surface area (Å²) in [5.74, 6) is 1.53. The van der Waals surface area contributed by atoms with Crippen LogP contribution in [0.1, 0.15) is 41.1 Å². The van der Waals surface area contributed by atoms with Crippen molar-refractivity contribution in [1.82, 2.24) is 14.8 Å². The van der Waals surface area contributed by atoms with Crippen LogP contribution in [0.25, 0.3) is 11.4 Å². The number of anilines is 1. The van der Waals surface area contributed by atoms with E-state index >= 15 is 0 Å². The summed E-state index contributed by atoms with van der Waals surface area (Å²) in [5, 5.41) is 12.6. The number of hydrogen-bond donors (Lipinski definition) is 1. The van der Waals surface area contributed by atoms with Crippen LogP contribution in [-0.4, -0.2) is 46.1 Å². The molecule has 10 heteroatoms. The van der Waals surface area contributed by atoms with E-state index in [0.29, 0.717) is 34.1 Å². The third-order valence-corrected chi connectivity index (χ3v) is 7.65. The third kappa shape index (κ3) is 5.28. The molecule has 1 aliphatic rings. The average Bonchev–Trinajstić information content (AvgIpc) is 3.51. The van der Waals surface area contributed by atoms with Gasteiger partial charge < -0.3 is 19.4 Å². The predicted octanol–water partition coefficient (Wildman–Crippen LogP) is 4.58. The van der Waals surface area contributed by atoms with Crippen LogP contribution in [0.4, 0.5) is 5.00 Å². The van der Waals surface area contributed by atoms with Gasteiger partial charge in [0.15, 0.2) is 11.0 Å². The number of hydrogen-bond acceptors (Lipinski definition) is 8. The SMILES string of the molecule is COC(=O)c1c(NC(=O)CSc2nnc(-c3ccc(OCC(C)C)cc3)n2C)sc2c1CCC2. The molecule has 3 aromatic rings. The van der Waals surface area contributed by atoms with Crippen LogP contribution in [0.5, 0.6) is 5.75 Å². The predicted molar refractivity (Wildman–Crippen MR) is 134 cm³/mol. The zero-order valence-electron chi connectivity index (χ0n) is 19.7. The van der Waals surface area contributed by atoms with Gasteiger partial charge >= 0.3 is 5.97 Å². The number of ether oxygens (including phenoxy) is 2. The van der Waals surface area contributed by atoms with Gasteiger partial charge in [-0.25, -0.2) is 4.79 Å². The summed E-state index contributed by atoms with van der Waals surface area (Å²) in [5.41, 5.74) is 2.43. The van der Waals surface area contributed by atoms with Crippen LogP contribution in [0.2, 0.25) is 0 Å². The first-order valence-corrected chi connectivity index (χ1v) is 13.0. The molecule has 2 heterocycles. The molecule has 0 atom stereocenters. The summed E-state index contributed by atoms with van der Waals surface area (Å²) in [6, 6.07) is 7.74. The number of nitrogens with zero attached hydrogens (tertiary/aromatic N) is 3. The molecule has 0 radical (unpaired) electrons. The number of carbonyl (C=O) groups is 2. The molecule has 2 aromatic heterocycles. The second-order valence-corrected chi connectivity index (χ2v) is 10.5. The first kappa shape index (κ1) is 24.3. The smallest absolute Gasteiger partial charge is 0.341 e. The fraction of sp³-hybridized carbons (Fsp3) is 0.417. The topological polar surface area (TPSA) is 95.3 Å². The highest BCUT2D eigenvalue weighted by Crippen LogP contribution is 2.39. The number of amides is 1. The Bertz CT molecular complexity index is 1180. The van der Waals surface area contributed by atoms with Gasteiger partial charge in [0.2, 0.25) is 5.91 Å². The van der Waals surface area contributed by atoms with Crippen molar-refractivity contribution in [3.8, 4) is 17.1 Å². The molecule has 1 amide bonds. The molecular weight excluding hydrogens is 472 g/mol. The Morgan fingerprint density at radius 2 is 1.97 bits per heavy atom. The maximum atomic E-state index is 12.7. The number of nitrogens with one attached hydrogen (secondary N) is 1. The highest BCUT2D eigenvalue weighted by molar-refractivity contribution is 7.99. The molecule has 180 valence electrons. The van der Waals surface area contributed by atoms with E-state index in [-0.39, 0.29) is 11.7 Å². The number of thiophene rings is 1. The van der Waals surface area contributed by atoms with Crippen molar-refractivity contribution in [3.63, 3.8) is 0 Å².